The number of ether oxygens (including phenoxy) is 1. The Morgan fingerprint density at radius 1 is 1.67 bits per heavy atom. The minimum Gasteiger partial charge on any atom is -0.392 e. The first kappa shape index (κ1) is 9.96. The van der Waals surface area contributed by atoms with Gasteiger partial charge in [-0.1, -0.05) is 0 Å². The van der Waals surface area contributed by atoms with Crippen molar-refractivity contribution in [2.45, 2.75) is 44.9 Å². The van der Waals surface area contributed by atoms with Crippen LogP contribution < -0.4 is 5.32 Å². The average molecular weight is 173 g/mol. The van der Waals surface area contributed by atoms with Crippen molar-refractivity contribution in [3.8, 4) is 0 Å². The Morgan fingerprint density at radius 3 is 2.75 bits per heavy atom. The fourth-order valence-corrected chi connectivity index (χ4v) is 1.55. The highest BCUT2D eigenvalue weighted by molar-refractivity contribution is 4.90. The van der Waals surface area contributed by atoms with E-state index in [1.807, 2.05) is 0 Å². The van der Waals surface area contributed by atoms with Crippen LogP contribution >= 0.6 is 0 Å². The first-order chi connectivity index (χ1) is 5.52. The van der Waals surface area contributed by atoms with Crippen LogP contribution in [0.3, 0.4) is 0 Å². The van der Waals surface area contributed by atoms with Gasteiger partial charge in [0.2, 0.25) is 0 Å². The number of aliphatic hydroxyl groups excluding tert-OH is 1. The smallest absolute Gasteiger partial charge is 0.0779 e. The van der Waals surface area contributed by atoms with Crippen molar-refractivity contribution < 1.29 is 9.84 Å². The average Bonchev–Trinajstić information content (AvgIpc) is 2.25. The van der Waals surface area contributed by atoms with E-state index in [1.165, 1.54) is 0 Å². The van der Waals surface area contributed by atoms with E-state index in [4.69, 9.17) is 9.84 Å². The predicted octanol–water partition coefficient (Wildman–Crippen LogP) is 0.524. The van der Waals surface area contributed by atoms with E-state index in [1.54, 1.807) is 6.92 Å². The highest BCUT2D eigenvalue weighted by atomic mass is 16.5. The van der Waals surface area contributed by atoms with Gasteiger partial charge in [-0.2, -0.15) is 0 Å². The summed E-state index contributed by atoms with van der Waals surface area (Å²) in [5.74, 6) is 0. The number of nitrogens with one attached hydrogen (secondary N) is 1. The monoisotopic (exact) mass is 173 g/mol. The van der Waals surface area contributed by atoms with Gasteiger partial charge in [-0.25, -0.2) is 0 Å². The normalized spacial score (nSPS) is 30.5. The molecule has 1 rings (SSSR count). The molecular formula is C9H19NO2. The second kappa shape index (κ2) is 3.73. The summed E-state index contributed by atoms with van der Waals surface area (Å²) in [5.41, 5.74) is -0.0745. The standard InChI is InChI=1S/C9H19NO2/c1-7(11)6-10-8-4-5-12-9(8,2)3/h7-8,10-11H,4-6H2,1-3H3/t7-,8?/m0/s1. The van der Waals surface area contributed by atoms with Crippen LogP contribution in [0.15, 0.2) is 0 Å². The molecule has 1 aliphatic rings. The molecule has 0 aromatic rings. The van der Waals surface area contributed by atoms with Crippen LogP contribution in [0.5, 0.6) is 0 Å². The molecule has 1 aliphatic heterocycles. The molecule has 0 aromatic carbocycles. The number of rotatable bonds is 3. The zero-order valence-electron chi connectivity index (χ0n) is 8.13. The van der Waals surface area contributed by atoms with Gasteiger partial charge in [-0.15, -0.1) is 0 Å². The number of aliphatic hydroxyl groups is 1. The lowest BCUT2D eigenvalue weighted by atomic mass is 9.99. The summed E-state index contributed by atoms with van der Waals surface area (Å²) < 4.78 is 5.54. The van der Waals surface area contributed by atoms with Crippen LogP contribution in [-0.2, 0) is 4.74 Å². The molecule has 2 N–H and O–H groups in total. The SMILES string of the molecule is C[C@H](O)CNC1CCOC1(C)C. The molecule has 0 amide bonds. The van der Waals surface area contributed by atoms with Gasteiger partial charge >= 0.3 is 0 Å². The van der Waals surface area contributed by atoms with Gasteiger partial charge in [0.05, 0.1) is 11.7 Å². The largest absolute Gasteiger partial charge is 0.392 e. The maximum absolute atomic E-state index is 9.08. The van der Waals surface area contributed by atoms with E-state index in [9.17, 15) is 0 Å². The highest BCUT2D eigenvalue weighted by Gasteiger charge is 2.35. The molecule has 0 aromatic heterocycles. The van der Waals surface area contributed by atoms with E-state index in [0.717, 1.165) is 13.0 Å². The van der Waals surface area contributed by atoms with Crippen molar-refractivity contribution in [1.29, 1.82) is 0 Å². The van der Waals surface area contributed by atoms with E-state index < -0.39 is 0 Å². The second-order valence-electron chi connectivity index (χ2n) is 4.05. The Morgan fingerprint density at radius 2 is 2.33 bits per heavy atom. The van der Waals surface area contributed by atoms with Gasteiger partial charge in [-0.05, 0) is 27.2 Å². The van der Waals surface area contributed by atoms with Crippen LogP contribution in [0.25, 0.3) is 0 Å². The minimum atomic E-state index is -0.276. The topological polar surface area (TPSA) is 41.5 Å². The lowest BCUT2D eigenvalue weighted by Crippen LogP contribution is -2.45. The number of hydrogen-bond donors (Lipinski definition) is 2. The molecule has 0 aliphatic carbocycles. The molecule has 12 heavy (non-hydrogen) atoms. The molecule has 1 fully saturated rings. The van der Waals surface area contributed by atoms with Crippen LogP contribution in [0.1, 0.15) is 27.2 Å². The maximum atomic E-state index is 9.08. The third kappa shape index (κ3) is 2.44. The molecule has 1 unspecified atom stereocenters. The van der Waals surface area contributed by atoms with Crippen LogP contribution in [0, 0.1) is 0 Å². The summed E-state index contributed by atoms with van der Waals surface area (Å²) in [7, 11) is 0. The molecule has 72 valence electrons. The van der Waals surface area contributed by atoms with Gasteiger partial charge < -0.3 is 15.2 Å². The van der Waals surface area contributed by atoms with Crippen molar-refractivity contribution in [3.05, 3.63) is 0 Å². The molecule has 0 saturated carbocycles. The summed E-state index contributed by atoms with van der Waals surface area (Å²) in [4.78, 5) is 0. The molecule has 3 heteroatoms. The molecular weight excluding hydrogens is 154 g/mol. The number of hydrogen-bond acceptors (Lipinski definition) is 3. The van der Waals surface area contributed by atoms with Crippen molar-refractivity contribution in [3.63, 3.8) is 0 Å². The zero-order chi connectivity index (χ0) is 9.19. The maximum Gasteiger partial charge on any atom is 0.0779 e. The quantitative estimate of drug-likeness (QED) is 0.654. The zero-order valence-corrected chi connectivity index (χ0v) is 8.13. The Bertz CT molecular complexity index is 145. The fourth-order valence-electron chi connectivity index (χ4n) is 1.55. The summed E-state index contributed by atoms with van der Waals surface area (Å²) in [6.45, 7) is 7.43. The van der Waals surface area contributed by atoms with Gasteiger partial charge in [-0.3, -0.25) is 0 Å². The molecule has 1 saturated heterocycles. The molecule has 0 radical (unpaired) electrons. The summed E-state index contributed by atoms with van der Waals surface area (Å²) in [6.07, 6.45) is 0.765. The van der Waals surface area contributed by atoms with Crippen LogP contribution in [-0.4, -0.2) is 36.0 Å². The minimum absolute atomic E-state index is 0.0745. The molecule has 2 atom stereocenters. The predicted molar refractivity (Wildman–Crippen MR) is 48.1 cm³/mol. The van der Waals surface area contributed by atoms with Gasteiger partial charge in [0.25, 0.3) is 0 Å². The molecule has 0 spiro atoms. The van der Waals surface area contributed by atoms with E-state index in [0.29, 0.717) is 12.6 Å². The van der Waals surface area contributed by atoms with Gasteiger partial charge in [0, 0.05) is 19.2 Å². The first-order valence-corrected chi connectivity index (χ1v) is 4.58. The Balaban J connectivity index is 2.32. The van der Waals surface area contributed by atoms with Crippen molar-refractivity contribution in [2.75, 3.05) is 13.2 Å². The van der Waals surface area contributed by atoms with E-state index in [-0.39, 0.29) is 11.7 Å². The van der Waals surface area contributed by atoms with Gasteiger partial charge in [0.15, 0.2) is 0 Å². The molecule has 3 nitrogen and oxygen atoms in total. The summed E-state index contributed by atoms with van der Waals surface area (Å²) in [6, 6.07) is 0.382. The van der Waals surface area contributed by atoms with Crippen LogP contribution in [0.2, 0.25) is 0 Å². The lowest BCUT2D eigenvalue weighted by molar-refractivity contribution is 0.0197. The lowest BCUT2D eigenvalue weighted by Gasteiger charge is -2.27. The van der Waals surface area contributed by atoms with Gasteiger partial charge in [0.1, 0.15) is 0 Å². The third-order valence-corrected chi connectivity index (χ3v) is 2.38. The van der Waals surface area contributed by atoms with Crippen molar-refractivity contribution in [2.24, 2.45) is 0 Å². The highest BCUT2D eigenvalue weighted by Crippen LogP contribution is 2.24. The second-order valence-corrected chi connectivity index (χ2v) is 4.05. The first-order valence-electron chi connectivity index (χ1n) is 4.58. The van der Waals surface area contributed by atoms with E-state index in [2.05, 4.69) is 19.2 Å². The Labute approximate surface area is 74.1 Å². The fraction of sp³-hybridized carbons (Fsp3) is 1.00. The molecule has 0 bridgehead atoms. The molecule has 1 heterocycles. The Hall–Kier alpha value is -0.120. The third-order valence-electron chi connectivity index (χ3n) is 2.38. The Kier molecular flexibility index (Phi) is 3.09. The van der Waals surface area contributed by atoms with E-state index >= 15 is 0 Å². The van der Waals surface area contributed by atoms with Crippen molar-refractivity contribution >= 4 is 0 Å². The summed E-state index contributed by atoms with van der Waals surface area (Å²) >= 11 is 0. The summed E-state index contributed by atoms with van der Waals surface area (Å²) in [5, 5.41) is 12.4. The van der Waals surface area contributed by atoms with Crippen LogP contribution in [0.4, 0.5) is 0 Å². The van der Waals surface area contributed by atoms with Crippen molar-refractivity contribution in [1.82, 2.24) is 5.32 Å².